The average Bonchev–Trinajstić information content (AvgIpc) is 2.60. The summed E-state index contributed by atoms with van der Waals surface area (Å²) in [5, 5.41) is 12.1. The molecule has 1 heterocycles. The summed E-state index contributed by atoms with van der Waals surface area (Å²) in [6.45, 7) is 0. The van der Waals surface area contributed by atoms with Crippen LogP contribution in [0.3, 0.4) is 0 Å². The first-order valence-electron chi connectivity index (χ1n) is 4.75. The first kappa shape index (κ1) is 8.97. The van der Waals surface area contributed by atoms with E-state index in [9.17, 15) is 4.79 Å². The molecule has 1 aliphatic carbocycles. The molecule has 2 rings (SSSR count). The molecule has 0 radical (unpaired) electrons. The molecule has 4 heteroatoms. The highest BCUT2D eigenvalue weighted by molar-refractivity contribution is 5.75. The van der Waals surface area contributed by atoms with Gasteiger partial charge in [0.05, 0.1) is 6.10 Å². The maximum atomic E-state index is 10.9. The first-order valence-corrected chi connectivity index (χ1v) is 4.75. The van der Waals surface area contributed by atoms with Crippen LogP contribution in [0.5, 0.6) is 0 Å². The summed E-state index contributed by atoms with van der Waals surface area (Å²) < 4.78 is 5.26. The molecule has 0 spiro atoms. The van der Waals surface area contributed by atoms with Gasteiger partial charge in [0.15, 0.2) is 0 Å². The number of nitrogens with one attached hydrogen (secondary N) is 1. The molecule has 0 aromatic carbocycles. The van der Waals surface area contributed by atoms with Gasteiger partial charge in [-0.1, -0.05) is 6.42 Å². The van der Waals surface area contributed by atoms with Gasteiger partial charge in [0.1, 0.15) is 6.04 Å². The second kappa shape index (κ2) is 3.27. The number of aliphatic carboxylic acids is 1. The van der Waals surface area contributed by atoms with Crippen LogP contribution in [0.25, 0.3) is 0 Å². The van der Waals surface area contributed by atoms with Crippen molar-refractivity contribution in [3.8, 4) is 0 Å². The molecule has 1 saturated carbocycles. The van der Waals surface area contributed by atoms with E-state index in [1.165, 1.54) is 6.42 Å². The Morgan fingerprint density at radius 3 is 2.92 bits per heavy atom. The van der Waals surface area contributed by atoms with Crippen molar-refractivity contribution in [1.82, 2.24) is 5.32 Å². The van der Waals surface area contributed by atoms with E-state index in [1.807, 2.05) is 0 Å². The zero-order valence-electron chi connectivity index (χ0n) is 7.69. The van der Waals surface area contributed by atoms with Crippen LogP contribution < -0.4 is 5.32 Å². The topological polar surface area (TPSA) is 58.6 Å². The second-order valence-electron chi connectivity index (χ2n) is 3.88. The minimum absolute atomic E-state index is 0.134. The van der Waals surface area contributed by atoms with Crippen molar-refractivity contribution in [2.45, 2.75) is 37.5 Å². The molecule has 4 nitrogen and oxygen atoms in total. The monoisotopic (exact) mass is 185 g/mol. The van der Waals surface area contributed by atoms with Gasteiger partial charge < -0.3 is 9.84 Å². The average molecular weight is 185 g/mol. The fourth-order valence-electron chi connectivity index (χ4n) is 2.68. The number of carboxylic acids is 1. The molecule has 74 valence electrons. The van der Waals surface area contributed by atoms with Crippen LogP contribution in [0, 0.1) is 5.92 Å². The maximum absolute atomic E-state index is 10.9. The van der Waals surface area contributed by atoms with Gasteiger partial charge in [-0.05, 0) is 12.8 Å². The zero-order valence-corrected chi connectivity index (χ0v) is 7.69. The summed E-state index contributed by atoms with van der Waals surface area (Å²) in [4.78, 5) is 10.9. The number of carboxylic acid groups (broad SMARTS) is 1. The fraction of sp³-hybridized carbons (Fsp3) is 0.889. The molecule has 1 aliphatic heterocycles. The lowest BCUT2D eigenvalue weighted by Gasteiger charge is -2.18. The third-order valence-corrected chi connectivity index (χ3v) is 3.25. The summed E-state index contributed by atoms with van der Waals surface area (Å²) in [6.07, 6.45) is 3.24. The molecule has 1 saturated heterocycles. The number of rotatable bonds is 2. The van der Waals surface area contributed by atoms with Crippen molar-refractivity contribution < 1.29 is 14.6 Å². The Bertz CT molecular complexity index is 219. The standard InChI is InChI=1S/C9H15NO3/c1-13-8-5-3-2-4-6(5)10-7(8)9(11)12/h5-8,10H,2-4H2,1H3,(H,11,12)/t5-,6+,7+,8-/m0/s1. The molecule has 2 N–H and O–H groups in total. The number of methoxy groups -OCH3 is 1. The van der Waals surface area contributed by atoms with Gasteiger partial charge in [-0.25, -0.2) is 0 Å². The molecule has 0 aromatic rings. The van der Waals surface area contributed by atoms with Crippen LogP contribution in [0.15, 0.2) is 0 Å². The SMILES string of the molecule is CO[C@H]1[C@H]2CCC[C@H]2N[C@H]1C(=O)O. The minimum atomic E-state index is -0.791. The number of fused-ring (bicyclic) bond motifs is 1. The maximum Gasteiger partial charge on any atom is 0.323 e. The van der Waals surface area contributed by atoms with E-state index >= 15 is 0 Å². The Kier molecular flexibility index (Phi) is 2.26. The Balaban J connectivity index is 2.12. The molecular weight excluding hydrogens is 170 g/mol. The molecular formula is C9H15NO3. The summed E-state index contributed by atoms with van der Waals surface area (Å²) in [5.41, 5.74) is 0. The van der Waals surface area contributed by atoms with Crippen molar-refractivity contribution in [2.24, 2.45) is 5.92 Å². The van der Waals surface area contributed by atoms with Crippen LogP contribution in [-0.4, -0.2) is 36.4 Å². The summed E-state index contributed by atoms with van der Waals surface area (Å²) in [6, 6.07) is -0.133. The lowest BCUT2D eigenvalue weighted by atomic mass is 9.98. The molecule has 4 atom stereocenters. The third kappa shape index (κ3) is 1.34. The molecule has 0 amide bonds. The Hall–Kier alpha value is -0.610. The van der Waals surface area contributed by atoms with Crippen LogP contribution in [0.1, 0.15) is 19.3 Å². The molecule has 2 fully saturated rings. The van der Waals surface area contributed by atoms with Crippen LogP contribution in [0.2, 0.25) is 0 Å². The second-order valence-corrected chi connectivity index (χ2v) is 3.88. The highest BCUT2D eigenvalue weighted by Crippen LogP contribution is 2.36. The van der Waals surface area contributed by atoms with E-state index < -0.39 is 12.0 Å². The van der Waals surface area contributed by atoms with Crippen molar-refractivity contribution >= 4 is 5.97 Å². The van der Waals surface area contributed by atoms with Gasteiger partial charge in [-0.3, -0.25) is 10.1 Å². The van der Waals surface area contributed by atoms with Gasteiger partial charge in [-0.15, -0.1) is 0 Å². The number of hydrogen-bond donors (Lipinski definition) is 2. The van der Waals surface area contributed by atoms with Crippen molar-refractivity contribution in [3.63, 3.8) is 0 Å². The van der Waals surface area contributed by atoms with E-state index in [2.05, 4.69) is 5.32 Å². The van der Waals surface area contributed by atoms with Gasteiger partial charge in [0, 0.05) is 19.1 Å². The summed E-state index contributed by atoms with van der Waals surface area (Å²) >= 11 is 0. The number of ether oxygens (including phenoxy) is 1. The third-order valence-electron chi connectivity index (χ3n) is 3.25. The van der Waals surface area contributed by atoms with E-state index in [0.717, 1.165) is 12.8 Å². The zero-order chi connectivity index (χ0) is 9.42. The Labute approximate surface area is 77.3 Å². The van der Waals surface area contributed by atoms with Crippen LogP contribution in [-0.2, 0) is 9.53 Å². The highest BCUT2D eigenvalue weighted by atomic mass is 16.5. The highest BCUT2D eigenvalue weighted by Gasteiger charge is 2.48. The van der Waals surface area contributed by atoms with Gasteiger partial charge in [0.25, 0.3) is 0 Å². The molecule has 13 heavy (non-hydrogen) atoms. The molecule has 2 aliphatic rings. The number of hydrogen-bond acceptors (Lipinski definition) is 3. The Morgan fingerprint density at radius 1 is 1.54 bits per heavy atom. The minimum Gasteiger partial charge on any atom is -0.480 e. The van der Waals surface area contributed by atoms with Crippen molar-refractivity contribution in [3.05, 3.63) is 0 Å². The smallest absolute Gasteiger partial charge is 0.323 e. The van der Waals surface area contributed by atoms with Crippen LogP contribution in [0.4, 0.5) is 0 Å². The van der Waals surface area contributed by atoms with E-state index in [1.54, 1.807) is 7.11 Å². The predicted octanol–water partition coefficient (Wildman–Crippen LogP) is 0.226. The lowest BCUT2D eigenvalue weighted by Crippen LogP contribution is -2.41. The van der Waals surface area contributed by atoms with Crippen molar-refractivity contribution in [1.29, 1.82) is 0 Å². The van der Waals surface area contributed by atoms with Gasteiger partial charge >= 0.3 is 5.97 Å². The summed E-state index contributed by atoms with van der Waals surface area (Å²) in [5.74, 6) is -0.382. The predicted molar refractivity (Wildman–Crippen MR) is 46.5 cm³/mol. The van der Waals surface area contributed by atoms with Crippen LogP contribution >= 0.6 is 0 Å². The normalized spacial score (nSPS) is 43.5. The van der Waals surface area contributed by atoms with Gasteiger partial charge in [-0.2, -0.15) is 0 Å². The van der Waals surface area contributed by atoms with E-state index in [-0.39, 0.29) is 6.10 Å². The largest absolute Gasteiger partial charge is 0.480 e. The van der Waals surface area contributed by atoms with E-state index in [4.69, 9.17) is 9.84 Å². The van der Waals surface area contributed by atoms with Crippen molar-refractivity contribution in [2.75, 3.05) is 7.11 Å². The lowest BCUT2D eigenvalue weighted by molar-refractivity contribution is -0.142. The molecule has 0 bridgehead atoms. The fourth-order valence-corrected chi connectivity index (χ4v) is 2.68. The van der Waals surface area contributed by atoms with E-state index in [0.29, 0.717) is 12.0 Å². The first-order chi connectivity index (χ1) is 6.24. The van der Waals surface area contributed by atoms with Gasteiger partial charge in [0.2, 0.25) is 0 Å². The molecule has 0 unspecified atom stereocenters. The number of carbonyl (C=O) groups is 1. The summed E-state index contributed by atoms with van der Waals surface area (Å²) in [7, 11) is 1.60. The molecule has 0 aromatic heterocycles. The quantitative estimate of drug-likeness (QED) is 0.646. The Morgan fingerprint density at radius 2 is 2.31 bits per heavy atom.